The first-order valence-electron chi connectivity index (χ1n) is 9.66. The minimum absolute atomic E-state index is 0.0370. The van der Waals surface area contributed by atoms with Crippen LogP contribution in [0.4, 0.5) is 0 Å². The Morgan fingerprint density at radius 1 is 1.18 bits per heavy atom. The Morgan fingerprint density at radius 3 is 2.61 bits per heavy atom. The molecule has 2 aromatic carbocycles. The quantitative estimate of drug-likeness (QED) is 0.570. The van der Waals surface area contributed by atoms with Gasteiger partial charge in [-0.3, -0.25) is 9.36 Å². The zero-order valence-corrected chi connectivity index (χ0v) is 17.1. The van der Waals surface area contributed by atoms with E-state index in [2.05, 4.69) is 19.2 Å². The lowest BCUT2D eigenvalue weighted by Gasteiger charge is -2.25. The molecule has 6 heteroatoms. The van der Waals surface area contributed by atoms with Crippen LogP contribution < -0.4 is 16.6 Å². The van der Waals surface area contributed by atoms with E-state index in [0.717, 1.165) is 17.9 Å². The fourth-order valence-electron chi connectivity index (χ4n) is 3.40. The van der Waals surface area contributed by atoms with Crippen molar-refractivity contribution in [1.82, 2.24) is 14.9 Å². The average Bonchev–Trinajstić information content (AvgIpc) is 2.68. The molecule has 1 unspecified atom stereocenters. The van der Waals surface area contributed by atoms with Crippen LogP contribution in [0, 0.1) is 5.92 Å². The molecule has 1 aromatic heterocycles. The Bertz CT molecular complexity index is 985. The first kappa shape index (κ1) is 20.5. The molecule has 1 atom stereocenters. The van der Waals surface area contributed by atoms with Crippen molar-refractivity contribution in [1.29, 1.82) is 0 Å². The fraction of sp³-hybridized carbons (Fsp3) is 0.364. The number of nitrogens with one attached hydrogen (secondary N) is 1. The summed E-state index contributed by atoms with van der Waals surface area (Å²) in [7, 11) is 0. The van der Waals surface area contributed by atoms with Crippen molar-refractivity contribution < 1.29 is 0 Å². The number of nitrogens with zero attached hydrogens (tertiary/aromatic N) is 2. The lowest BCUT2D eigenvalue weighted by Crippen LogP contribution is -2.34. The molecule has 1 heterocycles. The maximum atomic E-state index is 13.4. The standard InChI is InChI=1S/C22H27ClN4O/c1-15(2)19(13-25-11-10-24)21-26-20-12-17(23)8-9-18(20)22(28)27(21)14-16-6-4-3-5-7-16/h3-9,12,15,19,25H,10-11,13-14,24H2,1-2H3. The number of nitrogens with two attached hydrogens (primary N) is 1. The lowest BCUT2D eigenvalue weighted by molar-refractivity contribution is 0.426. The Balaban J connectivity index is 2.16. The van der Waals surface area contributed by atoms with Crippen molar-refractivity contribution in [3.8, 4) is 0 Å². The number of aromatic nitrogens is 2. The summed E-state index contributed by atoms with van der Waals surface area (Å²) in [6.45, 7) is 6.79. The Labute approximate surface area is 170 Å². The van der Waals surface area contributed by atoms with Crippen LogP contribution in [0.25, 0.3) is 10.9 Å². The van der Waals surface area contributed by atoms with Gasteiger partial charge in [0.15, 0.2) is 0 Å². The number of hydrogen-bond acceptors (Lipinski definition) is 4. The van der Waals surface area contributed by atoms with Crippen LogP contribution in [0.1, 0.15) is 31.2 Å². The maximum Gasteiger partial charge on any atom is 0.261 e. The number of hydrogen-bond donors (Lipinski definition) is 2. The maximum absolute atomic E-state index is 13.4. The molecule has 148 valence electrons. The molecule has 0 aliphatic carbocycles. The monoisotopic (exact) mass is 398 g/mol. The molecule has 3 N–H and O–H groups in total. The topological polar surface area (TPSA) is 72.9 Å². The van der Waals surface area contributed by atoms with Gasteiger partial charge >= 0.3 is 0 Å². The van der Waals surface area contributed by atoms with Gasteiger partial charge in [0.2, 0.25) is 0 Å². The zero-order valence-electron chi connectivity index (χ0n) is 16.4. The molecule has 5 nitrogen and oxygen atoms in total. The summed E-state index contributed by atoms with van der Waals surface area (Å²) in [5.41, 5.74) is 7.30. The second-order valence-corrected chi connectivity index (χ2v) is 7.79. The molecule has 0 spiro atoms. The molecular formula is C22H27ClN4O. The van der Waals surface area contributed by atoms with Crippen molar-refractivity contribution in [2.24, 2.45) is 11.7 Å². The first-order chi connectivity index (χ1) is 13.5. The minimum atomic E-state index is -0.0370. The zero-order chi connectivity index (χ0) is 20.1. The van der Waals surface area contributed by atoms with Crippen molar-refractivity contribution >= 4 is 22.5 Å². The van der Waals surface area contributed by atoms with E-state index in [1.807, 2.05) is 30.3 Å². The van der Waals surface area contributed by atoms with Gasteiger partial charge in [0.1, 0.15) is 5.82 Å². The van der Waals surface area contributed by atoms with Crippen molar-refractivity contribution in [3.05, 3.63) is 75.3 Å². The van der Waals surface area contributed by atoms with E-state index >= 15 is 0 Å². The van der Waals surface area contributed by atoms with Crippen molar-refractivity contribution in [2.75, 3.05) is 19.6 Å². The third-order valence-electron chi connectivity index (χ3n) is 4.95. The molecular weight excluding hydrogens is 372 g/mol. The van der Waals surface area contributed by atoms with E-state index in [4.69, 9.17) is 22.3 Å². The van der Waals surface area contributed by atoms with Crippen LogP contribution in [0.5, 0.6) is 0 Å². The highest BCUT2D eigenvalue weighted by molar-refractivity contribution is 6.31. The Kier molecular flexibility index (Phi) is 6.83. The van der Waals surface area contributed by atoms with Gasteiger partial charge in [0, 0.05) is 30.6 Å². The highest BCUT2D eigenvalue weighted by Gasteiger charge is 2.23. The molecule has 3 aromatic rings. The molecule has 0 saturated heterocycles. The summed E-state index contributed by atoms with van der Waals surface area (Å²) >= 11 is 6.16. The minimum Gasteiger partial charge on any atom is -0.329 e. The van der Waals surface area contributed by atoms with Crippen molar-refractivity contribution in [2.45, 2.75) is 26.3 Å². The second kappa shape index (κ2) is 9.32. The summed E-state index contributed by atoms with van der Waals surface area (Å²) in [4.78, 5) is 18.3. The molecule has 0 amide bonds. The summed E-state index contributed by atoms with van der Waals surface area (Å²) in [5.74, 6) is 1.16. The van der Waals surface area contributed by atoms with E-state index in [0.29, 0.717) is 41.5 Å². The number of fused-ring (bicyclic) bond motifs is 1. The number of halogens is 1. The number of rotatable bonds is 8. The van der Waals surface area contributed by atoms with Gasteiger partial charge in [0.05, 0.1) is 17.4 Å². The Hall–Kier alpha value is -2.21. The molecule has 0 aliphatic heterocycles. The second-order valence-electron chi connectivity index (χ2n) is 7.35. The van der Waals surface area contributed by atoms with Gasteiger partial charge in [-0.1, -0.05) is 55.8 Å². The molecule has 0 bridgehead atoms. The average molecular weight is 399 g/mol. The van der Waals surface area contributed by atoms with E-state index in [-0.39, 0.29) is 11.5 Å². The van der Waals surface area contributed by atoms with Gasteiger partial charge in [0.25, 0.3) is 5.56 Å². The van der Waals surface area contributed by atoms with Crippen LogP contribution in [0.3, 0.4) is 0 Å². The molecule has 0 fully saturated rings. The van der Waals surface area contributed by atoms with Gasteiger partial charge in [-0.05, 0) is 29.7 Å². The van der Waals surface area contributed by atoms with Crippen LogP contribution in [-0.2, 0) is 6.54 Å². The molecule has 0 aliphatic rings. The van der Waals surface area contributed by atoms with E-state index in [1.165, 1.54) is 0 Å². The Morgan fingerprint density at radius 2 is 1.93 bits per heavy atom. The van der Waals surface area contributed by atoms with Gasteiger partial charge in [-0.15, -0.1) is 0 Å². The normalized spacial score (nSPS) is 12.6. The van der Waals surface area contributed by atoms with E-state index in [1.54, 1.807) is 22.8 Å². The van der Waals surface area contributed by atoms with Gasteiger partial charge < -0.3 is 11.1 Å². The number of benzene rings is 2. The highest BCUT2D eigenvalue weighted by atomic mass is 35.5. The van der Waals surface area contributed by atoms with Crippen molar-refractivity contribution in [3.63, 3.8) is 0 Å². The first-order valence-corrected chi connectivity index (χ1v) is 10.0. The molecule has 28 heavy (non-hydrogen) atoms. The fourth-order valence-corrected chi connectivity index (χ4v) is 3.56. The predicted octanol–water partition coefficient (Wildman–Crippen LogP) is 3.39. The van der Waals surface area contributed by atoms with E-state index < -0.39 is 0 Å². The lowest BCUT2D eigenvalue weighted by atomic mass is 9.94. The highest BCUT2D eigenvalue weighted by Crippen LogP contribution is 2.25. The largest absolute Gasteiger partial charge is 0.329 e. The van der Waals surface area contributed by atoms with Crippen LogP contribution in [-0.4, -0.2) is 29.2 Å². The SMILES string of the molecule is CC(C)C(CNCCN)c1nc2cc(Cl)ccc2c(=O)n1Cc1ccccc1. The third-order valence-corrected chi connectivity index (χ3v) is 5.19. The smallest absolute Gasteiger partial charge is 0.261 e. The van der Waals surface area contributed by atoms with Crippen LogP contribution >= 0.6 is 11.6 Å². The molecule has 0 saturated carbocycles. The summed E-state index contributed by atoms with van der Waals surface area (Å²) < 4.78 is 1.81. The predicted molar refractivity (Wildman–Crippen MR) is 116 cm³/mol. The molecule has 0 radical (unpaired) electrons. The van der Waals surface area contributed by atoms with E-state index in [9.17, 15) is 4.79 Å². The van der Waals surface area contributed by atoms with Crippen LogP contribution in [0.15, 0.2) is 53.3 Å². The van der Waals surface area contributed by atoms with Gasteiger partial charge in [-0.25, -0.2) is 4.98 Å². The third kappa shape index (κ3) is 4.61. The van der Waals surface area contributed by atoms with Crippen LogP contribution in [0.2, 0.25) is 5.02 Å². The summed E-state index contributed by atoms with van der Waals surface area (Å²) in [6.07, 6.45) is 0. The molecule has 3 rings (SSSR count). The van der Waals surface area contributed by atoms with Gasteiger partial charge in [-0.2, -0.15) is 0 Å². The summed E-state index contributed by atoms with van der Waals surface area (Å²) in [6, 6.07) is 15.3. The summed E-state index contributed by atoms with van der Waals surface area (Å²) in [5, 5.41) is 4.54.